The molecule has 0 aromatic heterocycles. The van der Waals surface area contributed by atoms with Gasteiger partial charge in [-0.1, -0.05) is 35.8 Å². The standard InChI is InChI=1S/C15H20BrNO4/c1-3-15(4-2,14(19)20)10-17-13(18)9-21-12-7-5-6-11(16)8-12/h5-8H,3-4,9-10H2,1-2H3,(H,17,18)(H,19,20). The number of ether oxygens (including phenoxy) is 1. The molecule has 0 fully saturated rings. The molecule has 21 heavy (non-hydrogen) atoms. The molecule has 0 atom stereocenters. The van der Waals surface area contributed by atoms with Gasteiger partial charge in [0.05, 0.1) is 5.41 Å². The predicted molar refractivity (Wildman–Crippen MR) is 83.3 cm³/mol. The topological polar surface area (TPSA) is 75.6 Å². The average Bonchev–Trinajstić information content (AvgIpc) is 2.46. The average molecular weight is 358 g/mol. The number of carbonyl (C=O) groups excluding carboxylic acids is 1. The lowest BCUT2D eigenvalue weighted by Gasteiger charge is -2.26. The van der Waals surface area contributed by atoms with Crippen LogP contribution in [0.15, 0.2) is 28.7 Å². The van der Waals surface area contributed by atoms with E-state index >= 15 is 0 Å². The molecular formula is C15H20BrNO4. The van der Waals surface area contributed by atoms with Gasteiger partial charge in [-0.25, -0.2) is 0 Å². The third kappa shape index (κ3) is 5.04. The summed E-state index contributed by atoms with van der Waals surface area (Å²) in [7, 11) is 0. The van der Waals surface area contributed by atoms with Crippen LogP contribution >= 0.6 is 15.9 Å². The molecule has 1 aromatic carbocycles. The van der Waals surface area contributed by atoms with Crippen LogP contribution in [0.25, 0.3) is 0 Å². The summed E-state index contributed by atoms with van der Waals surface area (Å²) in [5, 5.41) is 11.9. The number of rotatable bonds is 8. The molecule has 5 nitrogen and oxygen atoms in total. The number of benzene rings is 1. The minimum absolute atomic E-state index is 0.107. The molecule has 0 saturated heterocycles. The molecule has 0 bridgehead atoms. The molecule has 0 aliphatic carbocycles. The Morgan fingerprint density at radius 3 is 2.52 bits per heavy atom. The minimum atomic E-state index is -0.911. The van der Waals surface area contributed by atoms with Gasteiger partial charge < -0.3 is 15.2 Å². The maximum absolute atomic E-state index is 11.8. The quantitative estimate of drug-likeness (QED) is 0.749. The number of hydrogen-bond donors (Lipinski definition) is 2. The molecule has 0 heterocycles. The molecule has 0 spiro atoms. The number of nitrogens with one attached hydrogen (secondary N) is 1. The zero-order chi connectivity index (χ0) is 15.9. The third-order valence-electron chi connectivity index (χ3n) is 3.60. The molecule has 0 aliphatic rings. The summed E-state index contributed by atoms with van der Waals surface area (Å²) >= 11 is 3.31. The molecule has 1 amide bonds. The number of halogens is 1. The fourth-order valence-electron chi connectivity index (χ4n) is 1.90. The summed E-state index contributed by atoms with van der Waals surface area (Å²) in [6, 6.07) is 7.17. The highest BCUT2D eigenvalue weighted by Crippen LogP contribution is 2.25. The van der Waals surface area contributed by atoms with Gasteiger partial charge in [0.2, 0.25) is 0 Å². The first kappa shape index (κ1) is 17.5. The Balaban J connectivity index is 2.49. The lowest BCUT2D eigenvalue weighted by atomic mass is 9.82. The van der Waals surface area contributed by atoms with E-state index in [-0.39, 0.29) is 19.1 Å². The molecule has 0 aliphatic heterocycles. The van der Waals surface area contributed by atoms with E-state index in [0.717, 1.165) is 4.47 Å². The monoisotopic (exact) mass is 357 g/mol. The van der Waals surface area contributed by atoms with Gasteiger partial charge in [-0.15, -0.1) is 0 Å². The summed E-state index contributed by atoms with van der Waals surface area (Å²) < 4.78 is 6.22. The first-order chi connectivity index (χ1) is 9.93. The van der Waals surface area contributed by atoms with Crippen molar-refractivity contribution in [1.82, 2.24) is 5.32 Å². The molecule has 2 N–H and O–H groups in total. The molecule has 116 valence electrons. The summed E-state index contributed by atoms with van der Waals surface area (Å²) in [5.41, 5.74) is -0.911. The van der Waals surface area contributed by atoms with E-state index < -0.39 is 11.4 Å². The van der Waals surface area contributed by atoms with E-state index in [1.807, 2.05) is 19.9 Å². The van der Waals surface area contributed by atoms with Crippen LogP contribution in [0.3, 0.4) is 0 Å². The van der Waals surface area contributed by atoms with Crippen LogP contribution < -0.4 is 10.1 Å². The Hall–Kier alpha value is -1.56. The number of carboxylic acids is 1. The van der Waals surface area contributed by atoms with Crippen molar-refractivity contribution in [2.75, 3.05) is 13.2 Å². The van der Waals surface area contributed by atoms with Crippen LogP contribution in [-0.2, 0) is 9.59 Å². The Bertz CT molecular complexity index is 500. The zero-order valence-electron chi connectivity index (χ0n) is 12.2. The number of carboxylic acid groups (broad SMARTS) is 1. The van der Waals surface area contributed by atoms with E-state index in [1.165, 1.54) is 0 Å². The second-order valence-corrected chi connectivity index (χ2v) is 5.73. The smallest absolute Gasteiger partial charge is 0.311 e. The summed E-state index contributed by atoms with van der Waals surface area (Å²) in [4.78, 5) is 23.1. The van der Waals surface area contributed by atoms with Crippen molar-refractivity contribution in [3.8, 4) is 5.75 Å². The maximum atomic E-state index is 11.8. The number of aliphatic carboxylic acids is 1. The van der Waals surface area contributed by atoms with E-state index in [2.05, 4.69) is 21.2 Å². The van der Waals surface area contributed by atoms with Crippen molar-refractivity contribution in [3.63, 3.8) is 0 Å². The van der Waals surface area contributed by atoms with Crippen molar-refractivity contribution in [2.45, 2.75) is 26.7 Å². The fourth-order valence-corrected chi connectivity index (χ4v) is 2.28. The van der Waals surface area contributed by atoms with Gasteiger partial charge in [0.25, 0.3) is 5.91 Å². The van der Waals surface area contributed by atoms with Crippen molar-refractivity contribution < 1.29 is 19.4 Å². The number of hydrogen-bond acceptors (Lipinski definition) is 3. The first-order valence-electron chi connectivity index (χ1n) is 6.82. The predicted octanol–water partition coefficient (Wildman–Crippen LogP) is 2.84. The summed E-state index contributed by atoms with van der Waals surface area (Å²) in [6.07, 6.45) is 0.928. The largest absolute Gasteiger partial charge is 0.484 e. The van der Waals surface area contributed by atoms with Crippen LogP contribution in [0.4, 0.5) is 0 Å². The van der Waals surface area contributed by atoms with Crippen LogP contribution in [0, 0.1) is 5.41 Å². The van der Waals surface area contributed by atoms with E-state index in [4.69, 9.17) is 4.74 Å². The van der Waals surface area contributed by atoms with E-state index in [1.54, 1.807) is 18.2 Å². The van der Waals surface area contributed by atoms with Gasteiger partial charge in [-0.05, 0) is 31.0 Å². The van der Waals surface area contributed by atoms with Crippen LogP contribution in [0.1, 0.15) is 26.7 Å². The Morgan fingerprint density at radius 2 is 2.00 bits per heavy atom. The minimum Gasteiger partial charge on any atom is -0.484 e. The van der Waals surface area contributed by atoms with Gasteiger partial charge in [0.1, 0.15) is 5.75 Å². The second kappa shape index (κ2) is 8.02. The van der Waals surface area contributed by atoms with E-state index in [0.29, 0.717) is 18.6 Å². The van der Waals surface area contributed by atoms with Crippen molar-refractivity contribution in [1.29, 1.82) is 0 Å². The lowest BCUT2D eigenvalue weighted by molar-refractivity contribution is -0.149. The molecule has 0 saturated carbocycles. The highest BCUT2D eigenvalue weighted by Gasteiger charge is 2.35. The van der Waals surface area contributed by atoms with E-state index in [9.17, 15) is 14.7 Å². The molecule has 1 aromatic rings. The normalized spacial score (nSPS) is 11.0. The highest BCUT2D eigenvalue weighted by molar-refractivity contribution is 9.10. The third-order valence-corrected chi connectivity index (χ3v) is 4.09. The van der Waals surface area contributed by atoms with Gasteiger partial charge in [0.15, 0.2) is 6.61 Å². The van der Waals surface area contributed by atoms with Crippen molar-refractivity contribution in [2.24, 2.45) is 5.41 Å². The van der Waals surface area contributed by atoms with Crippen molar-refractivity contribution >= 4 is 27.8 Å². The van der Waals surface area contributed by atoms with Gasteiger partial charge >= 0.3 is 5.97 Å². The highest BCUT2D eigenvalue weighted by atomic mass is 79.9. The van der Waals surface area contributed by atoms with Gasteiger partial charge in [-0.2, -0.15) is 0 Å². The maximum Gasteiger partial charge on any atom is 0.311 e. The fraction of sp³-hybridized carbons (Fsp3) is 0.467. The Morgan fingerprint density at radius 1 is 1.33 bits per heavy atom. The molecular weight excluding hydrogens is 338 g/mol. The first-order valence-corrected chi connectivity index (χ1v) is 7.61. The molecule has 0 radical (unpaired) electrons. The second-order valence-electron chi connectivity index (χ2n) is 4.82. The number of amides is 1. The van der Waals surface area contributed by atoms with Crippen molar-refractivity contribution in [3.05, 3.63) is 28.7 Å². The zero-order valence-corrected chi connectivity index (χ0v) is 13.8. The SMILES string of the molecule is CCC(CC)(CNC(=O)COc1cccc(Br)c1)C(=O)O. The Kier molecular flexibility index (Phi) is 6.68. The van der Waals surface area contributed by atoms with Crippen LogP contribution in [0.2, 0.25) is 0 Å². The molecule has 1 rings (SSSR count). The molecule has 0 unspecified atom stereocenters. The van der Waals surface area contributed by atoms with Gasteiger partial charge in [0, 0.05) is 11.0 Å². The summed E-state index contributed by atoms with van der Waals surface area (Å²) in [6.45, 7) is 3.58. The summed E-state index contributed by atoms with van der Waals surface area (Å²) in [5.74, 6) is -0.641. The lowest BCUT2D eigenvalue weighted by Crippen LogP contribution is -2.43. The van der Waals surface area contributed by atoms with Crippen LogP contribution in [0.5, 0.6) is 5.75 Å². The Labute approximate surface area is 132 Å². The number of carbonyl (C=O) groups is 2. The van der Waals surface area contributed by atoms with Gasteiger partial charge in [-0.3, -0.25) is 9.59 Å². The van der Waals surface area contributed by atoms with Crippen LogP contribution in [-0.4, -0.2) is 30.1 Å². The molecule has 6 heteroatoms.